The van der Waals surface area contributed by atoms with Crippen LogP contribution in [0.15, 0.2) is 24.3 Å². The Morgan fingerprint density at radius 1 is 0.905 bits per heavy atom. The average Bonchev–Trinajstić information content (AvgIpc) is 2.40. The molecular formula is C19H34N2. The maximum atomic E-state index is 3.54. The highest BCUT2D eigenvalue weighted by Gasteiger charge is 2.08. The summed E-state index contributed by atoms with van der Waals surface area (Å²) in [5.41, 5.74) is 3.07. The SMILES string of the molecule is CCCN(CCC)Cc1ccc(CCNC(C)(C)C)cc1. The lowest BCUT2D eigenvalue weighted by Gasteiger charge is -2.21. The van der Waals surface area contributed by atoms with E-state index in [4.69, 9.17) is 0 Å². The first-order valence-corrected chi connectivity index (χ1v) is 8.49. The second-order valence-electron chi connectivity index (χ2n) is 7.02. The summed E-state index contributed by atoms with van der Waals surface area (Å²) in [5.74, 6) is 0. The van der Waals surface area contributed by atoms with E-state index >= 15 is 0 Å². The summed E-state index contributed by atoms with van der Waals surface area (Å²) in [7, 11) is 0. The second kappa shape index (κ2) is 9.22. The molecule has 21 heavy (non-hydrogen) atoms. The Kier molecular flexibility index (Phi) is 7.98. The largest absolute Gasteiger partial charge is 0.312 e. The second-order valence-corrected chi connectivity index (χ2v) is 7.02. The Labute approximate surface area is 131 Å². The van der Waals surface area contributed by atoms with E-state index in [9.17, 15) is 0 Å². The molecule has 0 atom stereocenters. The van der Waals surface area contributed by atoms with Crippen LogP contribution in [0.5, 0.6) is 0 Å². The van der Waals surface area contributed by atoms with Crippen molar-refractivity contribution >= 4 is 0 Å². The van der Waals surface area contributed by atoms with E-state index in [1.807, 2.05) is 0 Å². The third-order valence-electron chi connectivity index (χ3n) is 3.58. The fourth-order valence-corrected chi connectivity index (χ4v) is 2.55. The molecule has 1 rings (SSSR count). The quantitative estimate of drug-likeness (QED) is 0.732. The van der Waals surface area contributed by atoms with Gasteiger partial charge in [0.05, 0.1) is 0 Å². The summed E-state index contributed by atoms with van der Waals surface area (Å²) in [5, 5.41) is 3.54. The minimum absolute atomic E-state index is 0.209. The van der Waals surface area contributed by atoms with Gasteiger partial charge in [-0.15, -0.1) is 0 Å². The highest BCUT2D eigenvalue weighted by atomic mass is 15.1. The molecule has 1 aromatic carbocycles. The van der Waals surface area contributed by atoms with Gasteiger partial charge in [0.2, 0.25) is 0 Å². The smallest absolute Gasteiger partial charge is 0.0233 e. The van der Waals surface area contributed by atoms with Crippen LogP contribution >= 0.6 is 0 Å². The molecule has 0 saturated heterocycles. The standard InChI is InChI=1S/C19H34N2/c1-6-14-21(15-7-2)16-18-10-8-17(9-11-18)12-13-20-19(3,4)5/h8-11,20H,6-7,12-16H2,1-5H3. The zero-order chi connectivity index (χ0) is 15.7. The lowest BCUT2D eigenvalue weighted by Crippen LogP contribution is -2.37. The molecular weight excluding hydrogens is 256 g/mol. The first-order valence-electron chi connectivity index (χ1n) is 8.49. The van der Waals surface area contributed by atoms with Gasteiger partial charge >= 0.3 is 0 Å². The predicted molar refractivity (Wildman–Crippen MR) is 93.8 cm³/mol. The van der Waals surface area contributed by atoms with Gasteiger partial charge < -0.3 is 5.32 Å². The van der Waals surface area contributed by atoms with E-state index < -0.39 is 0 Å². The lowest BCUT2D eigenvalue weighted by atomic mass is 10.1. The van der Waals surface area contributed by atoms with Crippen LogP contribution in [0.1, 0.15) is 58.6 Å². The van der Waals surface area contributed by atoms with Gasteiger partial charge in [0.1, 0.15) is 0 Å². The summed E-state index contributed by atoms with van der Waals surface area (Å²) in [6.45, 7) is 15.7. The van der Waals surface area contributed by atoms with Crippen LogP contribution < -0.4 is 5.32 Å². The third-order valence-corrected chi connectivity index (χ3v) is 3.58. The van der Waals surface area contributed by atoms with Gasteiger partial charge in [-0.2, -0.15) is 0 Å². The molecule has 0 aliphatic carbocycles. The highest BCUT2D eigenvalue weighted by molar-refractivity contribution is 5.22. The minimum atomic E-state index is 0.209. The normalized spacial score (nSPS) is 12.1. The van der Waals surface area contributed by atoms with E-state index in [0.717, 1.165) is 19.5 Å². The maximum Gasteiger partial charge on any atom is 0.0233 e. The molecule has 0 bridgehead atoms. The molecule has 0 aromatic heterocycles. The predicted octanol–water partition coefficient (Wildman–Crippen LogP) is 4.24. The zero-order valence-corrected chi connectivity index (χ0v) is 14.7. The van der Waals surface area contributed by atoms with E-state index in [2.05, 4.69) is 69.1 Å². The van der Waals surface area contributed by atoms with Gasteiger partial charge in [0.15, 0.2) is 0 Å². The van der Waals surface area contributed by atoms with Gasteiger partial charge in [0, 0.05) is 12.1 Å². The molecule has 0 spiro atoms. The topological polar surface area (TPSA) is 15.3 Å². The summed E-state index contributed by atoms with van der Waals surface area (Å²) in [4.78, 5) is 2.55. The fraction of sp³-hybridized carbons (Fsp3) is 0.684. The Morgan fingerprint density at radius 2 is 1.43 bits per heavy atom. The molecule has 1 N–H and O–H groups in total. The van der Waals surface area contributed by atoms with Crippen molar-refractivity contribution in [1.29, 1.82) is 0 Å². The average molecular weight is 290 g/mol. The molecule has 120 valence electrons. The van der Waals surface area contributed by atoms with Crippen LogP contribution in [-0.4, -0.2) is 30.1 Å². The Balaban J connectivity index is 2.45. The molecule has 0 saturated carbocycles. The van der Waals surface area contributed by atoms with Crippen molar-refractivity contribution in [3.05, 3.63) is 35.4 Å². The Morgan fingerprint density at radius 3 is 1.90 bits per heavy atom. The number of nitrogens with one attached hydrogen (secondary N) is 1. The molecule has 0 radical (unpaired) electrons. The van der Waals surface area contributed by atoms with Crippen LogP contribution in [0.3, 0.4) is 0 Å². The van der Waals surface area contributed by atoms with Gasteiger partial charge in [0.25, 0.3) is 0 Å². The minimum Gasteiger partial charge on any atom is -0.312 e. The van der Waals surface area contributed by atoms with Crippen LogP contribution in [0.25, 0.3) is 0 Å². The van der Waals surface area contributed by atoms with Gasteiger partial charge in [-0.05, 0) is 70.8 Å². The van der Waals surface area contributed by atoms with Crippen molar-refractivity contribution in [2.45, 2.75) is 66.0 Å². The van der Waals surface area contributed by atoms with Crippen molar-refractivity contribution in [2.24, 2.45) is 0 Å². The van der Waals surface area contributed by atoms with Crippen molar-refractivity contribution in [3.63, 3.8) is 0 Å². The first kappa shape index (κ1) is 18.2. The summed E-state index contributed by atoms with van der Waals surface area (Å²) >= 11 is 0. The summed E-state index contributed by atoms with van der Waals surface area (Å²) < 4.78 is 0. The van der Waals surface area contributed by atoms with E-state index in [1.54, 1.807) is 0 Å². The molecule has 0 unspecified atom stereocenters. The van der Waals surface area contributed by atoms with Crippen LogP contribution in [0, 0.1) is 0 Å². The van der Waals surface area contributed by atoms with Gasteiger partial charge in [-0.3, -0.25) is 4.90 Å². The van der Waals surface area contributed by atoms with Crippen LogP contribution in [0.4, 0.5) is 0 Å². The third kappa shape index (κ3) is 8.23. The van der Waals surface area contributed by atoms with Crippen molar-refractivity contribution in [1.82, 2.24) is 10.2 Å². The number of hydrogen-bond acceptors (Lipinski definition) is 2. The number of rotatable bonds is 9. The number of benzene rings is 1. The highest BCUT2D eigenvalue weighted by Crippen LogP contribution is 2.09. The van der Waals surface area contributed by atoms with E-state index in [1.165, 1.54) is 37.1 Å². The Hall–Kier alpha value is -0.860. The maximum absolute atomic E-state index is 3.54. The summed E-state index contributed by atoms with van der Waals surface area (Å²) in [6.07, 6.45) is 3.57. The summed E-state index contributed by atoms with van der Waals surface area (Å²) in [6, 6.07) is 9.17. The number of hydrogen-bond donors (Lipinski definition) is 1. The fourth-order valence-electron chi connectivity index (χ4n) is 2.55. The molecule has 0 amide bonds. The zero-order valence-electron chi connectivity index (χ0n) is 14.7. The lowest BCUT2D eigenvalue weighted by molar-refractivity contribution is 0.266. The molecule has 0 fully saturated rings. The Bertz CT molecular complexity index is 370. The molecule has 0 aliphatic rings. The molecule has 0 aliphatic heterocycles. The molecule has 2 nitrogen and oxygen atoms in total. The monoisotopic (exact) mass is 290 g/mol. The van der Waals surface area contributed by atoms with Crippen LogP contribution in [0.2, 0.25) is 0 Å². The van der Waals surface area contributed by atoms with Crippen molar-refractivity contribution in [2.75, 3.05) is 19.6 Å². The molecule has 1 aromatic rings. The van der Waals surface area contributed by atoms with E-state index in [0.29, 0.717) is 0 Å². The van der Waals surface area contributed by atoms with Crippen molar-refractivity contribution < 1.29 is 0 Å². The first-order chi connectivity index (χ1) is 9.94. The molecule has 2 heteroatoms. The van der Waals surface area contributed by atoms with Gasteiger partial charge in [-0.1, -0.05) is 38.1 Å². The van der Waals surface area contributed by atoms with Crippen molar-refractivity contribution in [3.8, 4) is 0 Å². The van der Waals surface area contributed by atoms with Crippen LogP contribution in [-0.2, 0) is 13.0 Å². The molecule has 0 heterocycles. The number of nitrogens with zero attached hydrogens (tertiary/aromatic N) is 1. The van der Waals surface area contributed by atoms with Gasteiger partial charge in [-0.25, -0.2) is 0 Å². The van der Waals surface area contributed by atoms with E-state index in [-0.39, 0.29) is 5.54 Å².